The van der Waals surface area contributed by atoms with Gasteiger partial charge in [0.1, 0.15) is 0 Å². The minimum atomic E-state index is -1.14. The summed E-state index contributed by atoms with van der Waals surface area (Å²) in [6.07, 6.45) is 11.8. The summed E-state index contributed by atoms with van der Waals surface area (Å²) in [6, 6.07) is 0. The number of hydrogen-bond acceptors (Lipinski definition) is 3. The van der Waals surface area contributed by atoms with Crippen LogP contribution in [-0.4, -0.2) is 30.3 Å². The normalized spacial score (nSPS) is 10.2. The van der Waals surface area contributed by atoms with E-state index in [4.69, 9.17) is 5.11 Å². The van der Waals surface area contributed by atoms with Crippen LogP contribution < -0.4 is 5.32 Å². The summed E-state index contributed by atoms with van der Waals surface area (Å²) in [5.41, 5.74) is 0. The van der Waals surface area contributed by atoms with E-state index in [2.05, 4.69) is 17.0 Å². The van der Waals surface area contributed by atoms with Crippen LogP contribution in [-0.2, 0) is 9.53 Å². The number of carboxylic acid groups (broad SMARTS) is 1. The van der Waals surface area contributed by atoms with Crippen LogP contribution >= 0.6 is 0 Å². The second kappa shape index (κ2) is 14.2. The third kappa shape index (κ3) is 14.8. The molecule has 0 aromatic heterocycles. The lowest BCUT2D eigenvalue weighted by Gasteiger charge is -2.05. The Morgan fingerprint density at radius 1 is 0.900 bits per heavy atom. The second-order valence-corrected chi connectivity index (χ2v) is 5.08. The van der Waals surface area contributed by atoms with Gasteiger partial charge < -0.3 is 15.2 Å². The van der Waals surface area contributed by atoms with Crippen molar-refractivity contribution in [1.29, 1.82) is 0 Å². The van der Waals surface area contributed by atoms with Crippen molar-refractivity contribution in [2.24, 2.45) is 0 Å². The average molecular weight is 287 g/mol. The van der Waals surface area contributed by atoms with Gasteiger partial charge >= 0.3 is 12.1 Å². The maximum Gasteiger partial charge on any atom is 0.407 e. The Bertz CT molecular complexity index is 256. The van der Waals surface area contributed by atoms with Crippen molar-refractivity contribution in [2.45, 2.75) is 71.1 Å². The number of alkyl carbamates (subject to hydrolysis) is 1. The zero-order chi connectivity index (χ0) is 15.1. The Kier molecular flexibility index (Phi) is 13.3. The van der Waals surface area contributed by atoms with E-state index in [1.165, 1.54) is 51.4 Å². The summed E-state index contributed by atoms with van der Waals surface area (Å²) >= 11 is 0. The molecule has 0 bridgehead atoms. The van der Waals surface area contributed by atoms with Crippen molar-refractivity contribution in [1.82, 2.24) is 5.32 Å². The monoisotopic (exact) mass is 287 g/mol. The standard InChI is InChI=1S/C15H29NO4/c1-2-3-4-5-6-7-8-9-10-11-12-16-15(19)20-13-14(17)18/h2-13H2,1H3,(H,16,19)(H,17,18). The van der Waals surface area contributed by atoms with Crippen molar-refractivity contribution < 1.29 is 19.4 Å². The molecule has 0 aliphatic carbocycles. The van der Waals surface area contributed by atoms with Gasteiger partial charge in [-0.3, -0.25) is 0 Å². The van der Waals surface area contributed by atoms with Gasteiger partial charge in [-0.2, -0.15) is 0 Å². The summed E-state index contributed by atoms with van der Waals surface area (Å²) in [5.74, 6) is -1.14. The summed E-state index contributed by atoms with van der Waals surface area (Å²) in [4.78, 5) is 21.2. The molecule has 0 fully saturated rings. The van der Waals surface area contributed by atoms with E-state index in [1.54, 1.807) is 0 Å². The molecule has 0 aliphatic rings. The second-order valence-electron chi connectivity index (χ2n) is 5.08. The van der Waals surface area contributed by atoms with Crippen molar-refractivity contribution >= 4 is 12.1 Å². The molecule has 0 aromatic rings. The smallest absolute Gasteiger partial charge is 0.407 e. The fraction of sp³-hybridized carbons (Fsp3) is 0.867. The fourth-order valence-electron chi connectivity index (χ4n) is 1.98. The number of carbonyl (C=O) groups excluding carboxylic acids is 1. The van der Waals surface area contributed by atoms with Crippen LogP contribution in [0.15, 0.2) is 0 Å². The summed E-state index contributed by atoms with van der Waals surface area (Å²) < 4.78 is 4.45. The van der Waals surface area contributed by atoms with Gasteiger partial charge in [0.15, 0.2) is 6.61 Å². The molecular formula is C15H29NO4. The first-order valence-corrected chi connectivity index (χ1v) is 7.79. The molecule has 118 valence electrons. The van der Waals surface area contributed by atoms with Crippen LogP contribution in [0, 0.1) is 0 Å². The average Bonchev–Trinajstić information content (AvgIpc) is 2.42. The van der Waals surface area contributed by atoms with Crippen LogP contribution in [0.25, 0.3) is 0 Å². The first-order valence-electron chi connectivity index (χ1n) is 7.79. The van der Waals surface area contributed by atoms with Crippen LogP contribution in [0.2, 0.25) is 0 Å². The number of nitrogens with one attached hydrogen (secondary N) is 1. The Morgan fingerprint density at radius 2 is 1.40 bits per heavy atom. The predicted octanol–water partition coefficient (Wildman–Crippen LogP) is 3.72. The highest BCUT2D eigenvalue weighted by Gasteiger charge is 2.03. The number of unbranched alkanes of at least 4 members (excludes halogenated alkanes) is 9. The number of carbonyl (C=O) groups is 2. The predicted molar refractivity (Wildman–Crippen MR) is 78.8 cm³/mol. The highest BCUT2D eigenvalue weighted by molar-refractivity contribution is 5.73. The molecule has 0 spiro atoms. The molecule has 2 N–H and O–H groups in total. The zero-order valence-electron chi connectivity index (χ0n) is 12.7. The van der Waals surface area contributed by atoms with E-state index >= 15 is 0 Å². The first kappa shape index (κ1) is 18.7. The minimum Gasteiger partial charge on any atom is -0.479 e. The third-order valence-electron chi connectivity index (χ3n) is 3.13. The highest BCUT2D eigenvalue weighted by Crippen LogP contribution is 2.10. The molecule has 0 aliphatic heterocycles. The first-order chi connectivity index (χ1) is 9.66. The minimum absolute atomic E-state index is 0.551. The molecule has 0 saturated carbocycles. The molecule has 0 aromatic carbocycles. The number of carboxylic acids is 1. The number of amides is 1. The lowest BCUT2D eigenvalue weighted by atomic mass is 10.1. The highest BCUT2D eigenvalue weighted by atomic mass is 16.6. The molecule has 1 amide bonds. The number of ether oxygens (including phenoxy) is 1. The summed E-state index contributed by atoms with van der Waals surface area (Å²) in [5, 5.41) is 10.9. The van der Waals surface area contributed by atoms with E-state index in [0.29, 0.717) is 6.54 Å². The van der Waals surface area contributed by atoms with Gasteiger partial charge in [-0.15, -0.1) is 0 Å². The van der Waals surface area contributed by atoms with Crippen molar-refractivity contribution in [3.8, 4) is 0 Å². The van der Waals surface area contributed by atoms with Gasteiger partial charge in [0, 0.05) is 6.54 Å². The van der Waals surface area contributed by atoms with Gasteiger partial charge in [-0.1, -0.05) is 64.7 Å². The van der Waals surface area contributed by atoms with Crippen LogP contribution in [0.4, 0.5) is 4.79 Å². The van der Waals surface area contributed by atoms with Gasteiger partial charge in [-0.25, -0.2) is 9.59 Å². The van der Waals surface area contributed by atoms with E-state index in [1.807, 2.05) is 0 Å². The van der Waals surface area contributed by atoms with E-state index in [9.17, 15) is 9.59 Å². The van der Waals surface area contributed by atoms with Crippen LogP contribution in [0.1, 0.15) is 71.1 Å². The SMILES string of the molecule is CCCCCCCCCCCCNC(=O)OCC(=O)O. The molecular weight excluding hydrogens is 258 g/mol. The molecule has 5 nitrogen and oxygen atoms in total. The molecule has 0 radical (unpaired) electrons. The summed E-state index contributed by atoms with van der Waals surface area (Å²) in [7, 11) is 0. The lowest BCUT2D eigenvalue weighted by molar-refractivity contribution is -0.140. The van der Waals surface area contributed by atoms with Crippen molar-refractivity contribution in [3.63, 3.8) is 0 Å². The zero-order valence-corrected chi connectivity index (χ0v) is 12.7. The van der Waals surface area contributed by atoms with Crippen molar-refractivity contribution in [3.05, 3.63) is 0 Å². The van der Waals surface area contributed by atoms with Gasteiger partial charge in [-0.05, 0) is 6.42 Å². The van der Waals surface area contributed by atoms with Crippen molar-refractivity contribution in [2.75, 3.05) is 13.2 Å². The Morgan fingerprint density at radius 3 is 1.90 bits per heavy atom. The molecule has 5 heteroatoms. The van der Waals surface area contributed by atoms with E-state index in [-0.39, 0.29) is 0 Å². The Labute approximate surface area is 122 Å². The quantitative estimate of drug-likeness (QED) is 0.506. The van der Waals surface area contributed by atoms with Gasteiger partial charge in [0.25, 0.3) is 0 Å². The Hall–Kier alpha value is -1.26. The van der Waals surface area contributed by atoms with Gasteiger partial charge in [0.05, 0.1) is 0 Å². The van der Waals surface area contributed by atoms with Gasteiger partial charge in [0.2, 0.25) is 0 Å². The maximum absolute atomic E-state index is 11.0. The van der Waals surface area contributed by atoms with Crippen LogP contribution in [0.3, 0.4) is 0 Å². The maximum atomic E-state index is 11.0. The topological polar surface area (TPSA) is 75.6 Å². The molecule has 0 saturated heterocycles. The molecule has 0 unspecified atom stereocenters. The van der Waals surface area contributed by atoms with E-state index in [0.717, 1.165) is 12.8 Å². The molecule has 20 heavy (non-hydrogen) atoms. The molecule has 0 heterocycles. The Balaban J connectivity index is 3.12. The number of rotatable bonds is 13. The summed E-state index contributed by atoms with van der Waals surface area (Å²) in [6.45, 7) is 2.20. The largest absolute Gasteiger partial charge is 0.479 e. The van der Waals surface area contributed by atoms with Crippen LogP contribution in [0.5, 0.6) is 0 Å². The number of aliphatic carboxylic acids is 1. The molecule has 0 atom stereocenters. The number of hydrogen-bond donors (Lipinski definition) is 2. The molecule has 0 rings (SSSR count). The fourth-order valence-corrected chi connectivity index (χ4v) is 1.98. The van der Waals surface area contributed by atoms with E-state index < -0.39 is 18.7 Å². The lowest BCUT2D eigenvalue weighted by Crippen LogP contribution is -2.27. The third-order valence-corrected chi connectivity index (χ3v) is 3.13.